The average molecular weight is 254 g/mol. The number of hydrogen-bond acceptors (Lipinski definition) is 6. The van der Waals surface area contributed by atoms with Crippen molar-refractivity contribution in [2.75, 3.05) is 27.6 Å². The standard InChI is InChI=1S/C12H14O6/c1-15-11(13)7-17-8-18-10-6-4-3-5-9(10)12(14)16-2/h3-6H,7-8H2,1-2H3. The second kappa shape index (κ2) is 7.29. The van der Waals surface area contributed by atoms with E-state index < -0.39 is 11.9 Å². The van der Waals surface area contributed by atoms with E-state index in [0.717, 1.165) is 0 Å². The third-order valence-corrected chi connectivity index (χ3v) is 2.04. The average Bonchev–Trinajstić information content (AvgIpc) is 2.42. The number of ether oxygens (including phenoxy) is 4. The summed E-state index contributed by atoms with van der Waals surface area (Å²) in [5, 5.41) is 0. The molecule has 18 heavy (non-hydrogen) atoms. The third-order valence-electron chi connectivity index (χ3n) is 2.04. The van der Waals surface area contributed by atoms with Crippen LogP contribution in [-0.4, -0.2) is 39.6 Å². The zero-order chi connectivity index (χ0) is 13.4. The van der Waals surface area contributed by atoms with Crippen LogP contribution in [0.4, 0.5) is 0 Å². The van der Waals surface area contributed by atoms with Gasteiger partial charge in [-0.25, -0.2) is 9.59 Å². The van der Waals surface area contributed by atoms with Gasteiger partial charge in [0.1, 0.15) is 17.9 Å². The Morgan fingerprint density at radius 3 is 2.50 bits per heavy atom. The maximum absolute atomic E-state index is 11.4. The molecular weight excluding hydrogens is 240 g/mol. The molecule has 98 valence electrons. The number of rotatable bonds is 6. The monoisotopic (exact) mass is 254 g/mol. The van der Waals surface area contributed by atoms with E-state index in [-0.39, 0.29) is 13.4 Å². The molecule has 0 aliphatic rings. The Hall–Kier alpha value is -2.08. The normalized spacial score (nSPS) is 9.67. The fourth-order valence-electron chi connectivity index (χ4n) is 1.16. The lowest BCUT2D eigenvalue weighted by Gasteiger charge is -2.09. The van der Waals surface area contributed by atoms with Crippen LogP contribution in [0.5, 0.6) is 5.75 Å². The minimum atomic E-state index is -0.501. The van der Waals surface area contributed by atoms with Crippen LogP contribution in [0.1, 0.15) is 10.4 Å². The Morgan fingerprint density at radius 1 is 1.11 bits per heavy atom. The Kier molecular flexibility index (Phi) is 5.66. The van der Waals surface area contributed by atoms with Crippen LogP contribution in [0.15, 0.2) is 24.3 Å². The van der Waals surface area contributed by atoms with Crippen molar-refractivity contribution >= 4 is 11.9 Å². The number of benzene rings is 1. The molecule has 0 fully saturated rings. The molecule has 0 unspecified atom stereocenters. The molecule has 0 radical (unpaired) electrons. The van der Waals surface area contributed by atoms with Gasteiger partial charge in [-0.05, 0) is 12.1 Å². The van der Waals surface area contributed by atoms with Gasteiger partial charge in [-0.3, -0.25) is 0 Å². The van der Waals surface area contributed by atoms with Gasteiger partial charge in [0, 0.05) is 0 Å². The van der Waals surface area contributed by atoms with Crippen LogP contribution in [-0.2, 0) is 19.0 Å². The molecule has 6 heteroatoms. The number of carbonyl (C=O) groups is 2. The zero-order valence-electron chi connectivity index (χ0n) is 10.2. The molecule has 1 aromatic rings. The Balaban J connectivity index is 2.51. The highest BCUT2D eigenvalue weighted by molar-refractivity contribution is 5.92. The molecule has 1 rings (SSSR count). The highest BCUT2D eigenvalue weighted by atomic mass is 16.7. The highest BCUT2D eigenvalue weighted by Gasteiger charge is 2.12. The summed E-state index contributed by atoms with van der Waals surface area (Å²) in [7, 11) is 2.55. The SMILES string of the molecule is COC(=O)COCOc1ccccc1C(=O)OC. The van der Waals surface area contributed by atoms with Gasteiger partial charge in [0.05, 0.1) is 14.2 Å². The topological polar surface area (TPSA) is 71.1 Å². The molecule has 0 aromatic heterocycles. The molecule has 0 spiro atoms. The van der Waals surface area contributed by atoms with Crippen molar-refractivity contribution in [3.63, 3.8) is 0 Å². The van der Waals surface area contributed by atoms with Crippen LogP contribution in [0.3, 0.4) is 0 Å². The molecule has 0 N–H and O–H groups in total. The minimum absolute atomic E-state index is 0.164. The molecular formula is C12H14O6. The first-order valence-corrected chi connectivity index (χ1v) is 5.13. The van der Waals surface area contributed by atoms with E-state index in [4.69, 9.17) is 9.47 Å². The van der Waals surface area contributed by atoms with E-state index in [2.05, 4.69) is 9.47 Å². The Labute approximate surface area is 104 Å². The molecule has 0 aliphatic heterocycles. The van der Waals surface area contributed by atoms with E-state index in [9.17, 15) is 9.59 Å². The van der Waals surface area contributed by atoms with Gasteiger partial charge < -0.3 is 18.9 Å². The predicted octanol–water partition coefficient (Wildman–Crippen LogP) is 0.999. The summed E-state index contributed by atoms with van der Waals surface area (Å²) in [4.78, 5) is 22.2. The lowest BCUT2D eigenvalue weighted by atomic mass is 10.2. The predicted molar refractivity (Wildman–Crippen MR) is 61.2 cm³/mol. The van der Waals surface area contributed by atoms with Gasteiger partial charge >= 0.3 is 11.9 Å². The number of para-hydroxylation sites is 1. The second-order valence-corrected chi connectivity index (χ2v) is 3.17. The summed E-state index contributed by atoms with van der Waals surface area (Å²) in [5.74, 6) is -0.673. The van der Waals surface area contributed by atoms with Crippen molar-refractivity contribution in [3.05, 3.63) is 29.8 Å². The number of methoxy groups -OCH3 is 2. The molecule has 0 amide bonds. The molecule has 0 atom stereocenters. The second-order valence-electron chi connectivity index (χ2n) is 3.17. The van der Waals surface area contributed by atoms with Gasteiger partial charge in [-0.15, -0.1) is 0 Å². The van der Waals surface area contributed by atoms with Gasteiger partial charge in [0.15, 0.2) is 6.79 Å². The first-order chi connectivity index (χ1) is 8.69. The van der Waals surface area contributed by atoms with Crippen LogP contribution in [0, 0.1) is 0 Å². The third kappa shape index (κ3) is 4.06. The maximum atomic E-state index is 11.4. The van der Waals surface area contributed by atoms with E-state index >= 15 is 0 Å². The smallest absolute Gasteiger partial charge is 0.341 e. The first kappa shape index (κ1) is 14.0. The quantitative estimate of drug-likeness (QED) is 0.428. The fourth-order valence-corrected chi connectivity index (χ4v) is 1.16. The van der Waals surface area contributed by atoms with Crippen LogP contribution in [0.25, 0.3) is 0 Å². The van der Waals surface area contributed by atoms with E-state index in [1.165, 1.54) is 14.2 Å². The number of hydrogen-bond donors (Lipinski definition) is 0. The highest BCUT2D eigenvalue weighted by Crippen LogP contribution is 2.18. The van der Waals surface area contributed by atoms with E-state index in [1.54, 1.807) is 24.3 Å². The van der Waals surface area contributed by atoms with Crippen molar-refractivity contribution in [2.45, 2.75) is 0 Å². The van der Waals surface area contributed by atoms with Crippen LogP contribution in [0.2, 0.25) is 0 Å². The molecule has 0 saturated carbocycles. The van der Waals surface area contributed by atoms with Crippen molar-refractivity contribution in [1.29, 1.82) is 0 Å². The van der Waals surface area contributed by atoms with Crippen LogP contribution >= 0.6 is 0 Å². The minimum Gasteiger partial charge on any atom is -0.467 e. The molecule has 0 saturated heterocycles. The summed E-state index contributed by atoms with van der Waals surface area (Å²) in [6, 6.07) is 6.58. The summed E-state index contributed by atoms with van der Waals surface area (Å²) in [6.07, 6.45) is 0. The molecule has 1 aromatic carbocycles. The summed E-state index contributed by atoms with van der Waals surface area (Å²) >= 11 is 0. The van der Waals surface area contributed by atoms with Gasteiger partial charge in [-0.2, -0.15) is 0 Å². The van der Waals surface area contributed by atoms with Crippen molar-refractivity contribution in [2.24, 2.45) is 0 Å². The summed E-state index contributed by atoms with van der Waals surface area (Å²) in [5.41, 5.74) is 0.293. The molecule has 0 heterocycles. The van der Waals surface area contributed by atoms with Gasteiger partial charge in [0.2, 0.25) is 0 Å². The van der Waals surface area contributed by atoms with E-state index in [1.807, 2.05) is 0 Å². The largest absolute Gasteiger partial charge is 0.467 e. The molecule has 0 aliphatic carbocycles. The zero-order valence-corrected chi connectivity index (χ0v) is 10.2. The number of esters is 2. The molecule has 0 bridgehead atoms. The lowest BCUT2D eigenvalue weighted by molar-refractivity contribution is -0.148. The Morgan fingerprint density at radius 2 is 1.83 bits per heavy atom. The van der Waals surface area contributed by atoms with Crippen molar-refractivity contribution < 1.29 is 28.5 Å². The maximum Gasteiger partial charge on any atom is 0.341 e. The molecule has 6 nitrogen and oxygen atoms in total. The number of carbonyl (C=O) groups excluding carboxylic acids is 2. The first-order valence-electron chi connectivity index (χ1n) is 5.13. The Bertz CT molecular complexity index is 415. The fraction of sp³-hybridized carbons (Fsp3) is 0.333. The summed E-state index contributed by atoms with van der Waals surface area (Å²) < 4.78 is 19.1. The van der Waals surface area contributed by atoms with Crippen molar-refractivity contribution in [1.82, 2.24) is 0 Å². The summed E-state index contributed by atoms with van der Waals surface area (Å²) in [6.45, 7) is -0.375. The van der Waals surface area contributed by atoms with Gasteiger partial charge in [0.25, 0.3) is 0 Å². The van der Waals surface area contributed by atoms with Gasteiger partial charge in [-0.1, -0.05) is 12.1 Å². The lowest BCUT2D eigenvalue weighted by Crippen LogP contribution is -2.14. The van der Waals surface area contributed by atoms with E-state index in [0.29, 0.717) is 11.3 Å². The van der Waals surface area contributed by atoms with Crippen LogP contribution < -0.4 is 4.74 Å². The van der Waals surface area contributed by atoms with Crippen molar-refractivity contribution in [3.8, 4) is 5.75 Å².